The molecule has 1 heterocycles. The van der Waals surface area contributed by atoms with Gasteiger partial charge in [-0.3, -0.25) is 14.5 Å². The summed E-state index contributed by atoms with van der Waals surface area (Å²) in [6, 6.07) is 9.15. The number of nitrogens with one attached hydrogen (secondary N) is 2. The summed E-state index contributed by atoms with van der Waals surface area (Å²) in [6.07, 6.45) is 7.16. The van der Waals surface area contributed by atoms with E-state index in [9.17, 15) is 9.59 Å². The molecular weight excluding hydrogens is 354 g/mol. The van der Waals surface area contributed by atoms with Gasteiger partial charge in [0.05, 0.1) is 13.2 Å². The van der Waals surface area contributed by atoms with Crippen LogP contribution in [0.4, 0.5) is 0 Å². The third kappa shape index (κ3) is 5.79. The quantitative estimate of drug-likeness (QED) is 0.672. The van der Waals surface area contributed by atoms with Crippen LogP contribution in [-0.2, 0) is 9.53 Å². The van der Waals surface area contributed by atoms with Crippen molar-refractivity contribution in [3.05, 3.63) is 35.9 Å². The number of morpholine rings is 1. The molecule has 2 N–H and O–H groups in total. The summed E-state index contributed by atoms with van der Waals surface area (Å²) in [6.45, 7) is 4.73. The topological polar surface area (TPSA) is 70.7 Å². The fraction of sp³-hybridized carbons (Fsp3) is 0.636. The van der Waals surface area contributed by atoms with Crippen LogP contribution >= 0.6 is 0 Å². The Hall–Kier alpha value is -1.92. The summed E-state index contributed by atoms with van der Waals surface area (Å²) >= 11 is 0. The van der Waals surface area contributed by atoms with Gasteiger partial charge in [0.1, 0.15) is 0 Å². The fourth-order valence-corrected chi connectivity index (χ4v) is 4.35. The summed E-state index contributed by atoms with van der Waals surface area (Å²) < 4.78 is 5.51. The Balaban J connectivity index is 1.39. The Bertz CT molecular complexity index is 623. The number of rotatable bonds is 8. The molecule has 1 aliphatic carbocycles. The van der Waals surface area contributed by atoms with Crippen molar-refractivity contribution in [2.24, 2.45) is 0 Å². The minimum atomic E-state index is -0.0884. The molecule has 0 bridgehead atoms. The van der Waals surface area contributed by atoms with Gasteiger partial charge < -0.3 is 15.4 Å². The van der Waals surface area contributed by atoms with Crippen molar-refractivity contribution < 1.29 is 14.3 Å². The number of hydrogen-bond donors (Lipinski definition) is 2. The number of hydrogen-bond acceptors (Lipinski definition) is 4. The van der Waals surface area contributed by atoms with E-state index in [0.29, 0.717) is 24.9 Å². The van der Waals surface area contributed by atoms with Gasteiger partial charge in [-0.2, -0.15) is 0 Å². The first kappa shape index (κ1) is 20.8. The first-order chi connectivity index (χ1) is 13.7. The van der Waals surface area contributed by atoms with Crippen LogP contribution in [0.2, 0.25) is 0 Å². The Labute approximate surface area is 168 Å². The molecule has 0 aromatic heterocycles. The van der Waals surface area contributed by atoms with Gasteiger partial charge in [-0.1, -0.05) is 37.5 Å². The minimum Gasteiger partial charge on any atom is -0.379 e. The molecule has 0 atom stereocenters. The summed E-state index contributed by atoms with van der Waals surface area (Å²) in [4.78, 5) is 26.9. The van der Waals surface area contributed by atoms with E-state index < -0.39 is 0 Å². The number of amides is 2. The molecule has 0 unspecified atom stereocenters. The summed E-state index contributed by atoms with van der Waals surface area (Å²) in [5.41, 5.74) is 0.746. The van der Waals surface area contributed by atoms with Crippen LogP contribution < -0.4 is 10.6 Å². The van der Waals surface area contributed by atoms with Crippen LogP contribution in [0.5, 0.6) is 0 Å². The highest BCUT2D eigenvalue weighted by Crippen LogP contribution is 2.33. The largest absolute Gasteiger partial charge is 0.379 e. The molecule has 1 aromatic carbocycles. The van der Waals surface area contributed by atoms with Crippen molar-refractivity contribution in [1.82, 2.24) is 15.5 Å². The molecule has 3 rings (SSSR count). The lowest BCUT2D eigenvalue weighted by molar-refractivity contribution is -0.122. The maximum absolute atomic E-state index is 12.4. The number of nitrogens with zero attached hydrogens (tertiary/aromatic N) is 1. The van der Waals surface area contributed by atoms with E-state index in [1.807, 2.05) is 18.2 Å². The van der Waals surface area contributed by atoms with Gasteiger partial charge in [0.25, 0.3) is 5.91 Å². The van der Waals surface area contributed by atoms with Gasteiger partial charge in [0.15, 0.2) is 0 Å². The zero-order valence-corrected chi connectivity index (χ0v) is 16.8. The third-order valence-electron chi connectivity index (χ3n) is 5.98. The average molecular weight is 388 g/mol. The highest BCUT2D eigenvalue weighted by atomic mass is 16.5. The van der Waals surface area contributed by atoms with E-state index in [-0.39, 0.29) is 17.4 Å². The average Bonchev–Trinajstić information content (AvgIpc) is 2.77. The van der Waals surface area contributed by atoms with E-state index in [1.165, 1.54) is 19.3 Å². The van der Waals surface area contributed by atoms with Crippen molar-refractivity contribution in [2.45, 2.75) is 50.5 Å². The van der Waals surface area contributed by atoms with E-state index >= 15 is 0 Å². The summed E-state index contributed by atoms with van der Waals surface area (Å²) in [7, 11) is 0. The maximum atomic E-state index is 12.4. The highest BCUT2D eigenvalue weighted by molar-refractivity contribution is 5.94. The third-order valence-corrected chi connectivity index (χ3v) is 5.98. The molecular formula is C22H33N3O3. The predicted molar refractivity (Wildman–Crippen MR) is 109 cm³/mol. The molecule has 154 valence electrons. The lowest BCUT2D eigenvalue weighted by Crippen LogP contribution is -2.59. The van der Waals surface area contributed by atoms with Gasteiger partial charge >= 0.3 is 0 Å². The second kappa shape index (κ2) is 10.6. The molecule has 0 spiro atoms. The molecule has 1 aliphatic heterocycles. The standard InChI is InChI=1S/C22H33N3O3/c26-20(10-7-13-23-21(27)19-8-3-1-4-9-19)24-18-22(11-5-2-6-12-22)25-14-16-28-17-15-25/h1,3-4,8-9H,2,5-7,10-18H2,(H,23,27)(H,24,26). The van der Waals surface area contributed by atoms with Crippen LogP contribution in [-0.4, -0.2) is 61.6 Å². The highest BCUT2D eigenvalue weighted by Gasteiger charge is 2.38. The Morgan fingerprint density at radius 1 is 1.00 bits per heavy atom. The SMILES string of the molecule is O=C(CCCNC(=O)c1ccccc1)NCC1(N2CCOCC2)CCCCC1. The van der Waals surface area contributed by atoms with Crippen molar-refractivity contribution in [3.63, 3.8) is 0 Å². The monoisotopic (exact) mass is 387 g/mol. The molecule has 1 saturated carbocycles. The van der Waals surface area contributed by atoms with Crippen molar-refractivity contribution in [1.29, 1.82) is 0 Å². The molecule has 6 heteroatoms. The van der Waals surface area contributed by atoms with Crippen molar-refractivity contribution >= 4 is 11.8 Å². The predicted octanol–water partition coefficient (Wildman–Crippen LogP) is 2.35. The van der Waals surface area contributed by atoms with E-state index in [2.05, 4.69) is 15.5 Å². The zero-order chi connectivity index (χ0) is 19.7. The number of benzene rings is 1. The van der Waals surface area contributed by atoms with E-state index in [1.54, 1.807) is 12.1 Å². The molecule has 1 saturated heterocycles. The molecule has 6 nitrogen and oxygen atoms in total. The Morgan fingerprint density at radius 3 is 2.43 bits per heavy atom. The maximum Gasteiger partial charge on any atom is 0.251 e. The lowest BCUT2D eigenvalue weighted by Gasteiger charge is -2.48. The fourth-order valence-electron chi connectivity index (χ4n) is 4.35. The second-order valence-corrected chi connectivity index (χ2v) is 7.89. The lowest BCUT2D eigenvalue weighted by atomic mass is 9.79. The summed E-state index contributed by atoms with van der Waals surface area (Å²) in [5.74, 6) is -0.0124. The van der Waals surface area contributed by atoms with Crippen LogP contribution in [0.3, 0.4) is 0 Å². The van der Waals surface area contributed by atoms with Gasteiger partial charge in [0.2, 0.25) is 5.91 Å². The van der Waals surface area contributed by atoms with Crippen molar-refractivity contribution in [2.75, 3.05) is 39.4 Å². The first-order valence-electron chi connectivity index (χ1n) is 10.6. The molecule has 2 amide bonds. The van der Waals surface area contributed by atoms with Gasteiger partial charge in [0, 0.05) is 43.7 Å². The molecule has 2 fully saturated rings. The summed E-state index contributed by atoms with van der Waals surface area (Å²) in [5, 5.41) is 6.05. The Kier molecular flexibility index (Phi) is 7.86. The van der Waals surface area contributed by atoms with Gasteiger partial charge in [-0.05, 0) is 31.4 Å². The van der Waals surface area contributed by atoms with Crippen molar-refractivity contribution in [3.8, 4) is 0 Å². The van der Waals surface area contributed by atoms with Crippen LogP contribution in [0, 0.1) is 0 Å². The molecule has 2 aliphatic rings. The van der Waals surface area contributed by atoms with Gasteiger partial charge in [-0.25, -0.2) is 0 Å². The number of carbonyl (C=O) groups is 2. The normalized spacial score (nSPS) is 19.7. The first-order valence-corrected chi connectivity index (χ1v) is 10.6. The van der Waals surface area contributed by atoms with Crippen LogP contribution in [0.15, 0.2) is 30.3 Å². The van der Waals surface area contributed by atoms with Gasteiger partial charge in [-0.15, -0.1) is 0 Å². The Morgan fingerprint density at radius 2 is 1.71 bits per heavy atom. The van der Waals surface area contributed by atoms with Crippen LogP contribution in [0.25, 0.3) is 0 Å². The molecule has 28 heavy (non-hydrogen) atoms. The van der Waals surface area contributed by atoms with E-state index in [4.69, 9.17) is 4.74 Å². The minimum absolute atomic E-state index is 0.0761. The molecule has 1 aromatic rings. The molecule has 0 radical (unpaired) electrons. The van der Waals surface area contributed by atoms with E-state index in [0.717, 1.165) is 45.7 Å². The zero-order valence-electron chi connectivity index (χ0n) is 16.8. The number of ether oxygens (including phenoxy) is 1. The van der Waals surface area contributed by atoms with Crippen LogP contribution in [0.1, 0.15) is 55.3 Å². The smallest absolute Gasteiger partial charge is 0.251 e. The second-order valence-electron chi connectivity index (χ2n) is 7.89. The number of carbonyl (C=O) groups excluding carboxylic acids is 2.